The van der Waals surface area contributed by atoms with Crippen LogP contribution in [0.15, 0.2) is 11.0 Å². The number of hydrogen-bond acceptors (Lipinski definition) is 5. The van der Waals surface area contributed by atoms with E-state index in [1.807, 2.05) is 6.08 Å². The molecule has 0 amide bonds. The number of unbranched alkanes of at least 4 members (excludes halogenated alkanes) is 3. The SMILES string of the molecule is CCCCOC(=O)CCCCCSC1=C[C@H](O[Si](C)(C)C(C)(C)C)CC1=O. The minimum atomic E-state index is -1.85. The van der Waals surface area contributed by atoms with E-state index >= 15 is 0 Å². The lowest BCUT2D eigenvalue weighted by molar-refractivity contribution is -0.143. The Balaban J connectivity index is 2.25. The highest BCUT2D eigenvalue weighted by Crippen LogP contribution is 2.39. The molecule has 0 bridgehead atoms. The summed E-state index contributed by atoms with van der Waals surface area (Å²) in [7, 11) is -1.85. The van der Waals surface area contributed by atoms with Crippen LogP contribution in [0.25, 0.3) is 0 Å². The first-order valence-electron chi connectivity index (χ1n) is 10.3. The molecule has 0 heterocycles. The summed E-state index contributed by atoms with van der Waals surface area (Å²) >= 11 is 1.64. The third kappa shape index (κ3) is 8.96. The monoisotopic (exact) mass is 414 g/mol. The van der Waals surface area contributed by atoms with E-state index in [0.29, 0.717) is 19.4 Å². The van der Waals surface area contributed by atoms with Crippen molar-refractivity contribution < 1.29 is 18.8 Å². The number of ketones is 1. The largest absolute Gasteiger partial charge is 0.466 e. The zero-order valence-corrected chi connectivity index (χ0v) is 19.9. The molecule has 1 atom stereocenters. The second-order valence-electron chi connectivity index (χ2n) is 8.81. The predicted octanol–water partition coefficient (Wildman–Crippen LogP) is 5.87. The highest BCUT2D eigenvalue weighted by atomic mass is 32.2. The first-order valence-corrected chi connectivity index (χ1v) is 14.2. The Morgan fingerprint density at radius 2 is 1.93 bits per heavy atom. The molecule has 27 heavy (non-hydrogen) atoms. The molecule has 0 aromatic rings. The van der Waals surface area contributed by atoms with Crippen molar-refractivity contribution in [2.24, 2.45) is 0 Å². The fourth-order valence-electron chi connectivity index (χ4n) is 2.50. The topological polar surface area (TPSA) is 52.6 Å². The Morgan fingerprint density at radius 3 is 2.56 bits per heavy atom. The molecule has 1 aliphatic rings. The van der Waals surface area contributed by atoms with Crippen LogP contribution in [0.2, 0.25) is 18.1 Å². The molecule has 0 unspecified atom stereocenters. The Kier molecular flexibility index (Phi) is 10.3. The minimum Gasteiger partial charge on any atom is -0.466 e. The number of allylic oxidation sites excluding steroid dienone is 1. The maximum Gasteiger partial charge on any atom is 0.305 e. The summed E-state index contributed by atoms with van der Waals surface area (Å²) in [5.74, 6) is 1.04. The molecule has 0 radical (unpaired) electrons. The Hall–Kier alpha value is -0.593. The van der Waals surface area contributed by atoms with Gasteiger partial charge in [-0.2, -0.15) is 0 Å². The summed E-state index contributed by atoms with van der Waals surface area (Å²) in [6.07, 6.45) is 7.78. The van der Waals surface area contributed by atoms with E-state index in [4.69, 9.17) is 9.16 Å². The van der Waals surface area contributed by atoms with Crippen LogP contribution < -0.4 is 0 Å². The van der Waals surface area contributed by atoms with Gasteiger partial charge in [-0.25, -0.2) is 0 Å². The number of carbonyl (C=O) groups excluding carboxylic acids is 2. The summed E-state index contributed by atoms with van der Waals surface area (Å²) in [4.78, 5) is 24.6. The molecule has 1 aliphatic carbocycles. The van der Waals surface area contributed by atoms with Gasteiger partial charge in [-0.05, 0) is 49.2 Å². The van der Waals surface area contributed by atoms with E-state index in [1.165, 1.54) is 0 Å². The van der Waals surface area contributed by atoms with Crippen molar-refractivity contribution in [2.45, 2.75) is 96.9 Å². The maximum absolute atomic E-state index is 12.2. The number of ether oxygens (including phenoxy) is 1. The summed E-state index contributed by atoms with van der Waals surface area (Å²) in [6.45, 7) is 13.7. The van der Waals surface area contributed by atoms with Gasteiger partial charge in [-0.15, -0.1) is 11.8 Å². The Morgan fingerprint density at radius 1 is 1.22 bits per heavy atom. The third-order valence-corrected chi connectivity index (χ3v) is 11.0. The van der Waals surface area contributed by atoms with E-state index < -0.39 is 8.32 Å². The quantitative estimate of drug-likeness (QED) is 0.227. The van der Waals surface area contributed by atoms with Gasteiger partial charge in [0.2, 0.25) is 0 Å². The molecule has 6 heteroatoms. The van der Waals surface area contributed by atoms with Gasteiger partial charge in [-0.3, -0.25) is 9.59 Å². The summed E-state index contributed by atoms with van der Waals surface area (Å²) in [5, 5.41) is 0.150. The first kappa shape index (κ1) is 24.4. The van der Waals surface area contributed by atoms with Gasteiger partial charge in [0, 0.05) is 17.7 Å². The molecule has 0 fully saturated rings. The number of rotatable bonds is 12. The van der Waals surface area contributed by atoms with Gasteiger partial charge < -0.3 is 9.16 Å². The normalized spacial score (nSPS) is 17.9. The number of thioether (sulfide) groups is 1. The average Bonchev–Trinajstić information content (AvgIpc) is 2.88. The molecule has 0 aromatic carbocycles. The van der Waals surface area contributed by atoms with Gasteiger partial charge in [-0.1, -0.05) is 40.5 Å². The van der Waals surface area contributed by atoms with Gasteiger partial charge >= 0.3 is 5.97 Å². The first-order chi connectivity index (χ1) is 12.6. The van der Waals surface area contributed by atoms with E-state index in [9.17, 15) is 9.59 Å². The number of hydrogen-bond donors (Lipinski definition) is 0. The molecule has 1 rings (SSSR count). The lowest BCUT2D eigenvalue weighted by Gasteiger charge is -2.37. The second kappa shape index (κ2) is 11.4. The van der Waals surface area contributed by atoms with Crippen LogP contribution in [-0.2, 0) is 18.8 Å². The predicted molar refractivity (Wildman–Crippen MR) is 117 cm³/mol. The van der Waals surface area contributed by atoms with E-state index in [1.54, 1.807) is 11.8 Å². The van der Waals surface area contributed by atoms with Crippen LogP contribution in [0.1, 0.15) is 72.6 Å². The van der Waals surface area contributed by atoms with Crippen molar-refractivity contribution >= 4 is 31.8 Å². The van der Waals surface area contributed by atoms with Crippen LogP contribution in [-0.4, -0.2) is 38.5 Å². The molecule has 0 saturated heterocycles. The highest BCUT2D eigenvalue weighted by molar-refractivity contribution is 8.04. The van der Waals surface area contributed by atoms with Crippen LogP contribution in [0.3, 0.4) is 0 Å². The molecular weight excluding hydrogens is 376 g/mol. The van der Waals surface area contributed by atoms with Crippen LogP contribution in [0, 0.1) is 0 Å². The van der Waals surface area contributed by atoms with Crippen LogP contribution in [0.4, 0.5) is 0 Å². The van der Waals surface area contributed by atoms with Crippen molar-refractivity contribution in [3.63, 3.8) is 0 Å². The van der Waals surface area contributed by atoms with Gasteiger partial charge in [0.1, 0.15) is 0 Å². The number of Topliss-reactive ketones (excluding diaryl/α,β-unsaturated/α-hetero) is 1. The second-order valence-corrected chi connectivity index (χ2v) is 14.7. The average molecular weight is 415 g/mol. The number of esters is 1. The van der Waals surface area contributed by atoms with E-state index in [2.05, 4.69) is 40.8 Å². The van der Waals surface area contributed by atoms with Crippen molar-refractivity contribution in [3.05, 3.63) is 11.0 Å². The lowest BCUT2D eigenvalue weighted by Crippen LogP contribution is -2.43. The smallest absolute Gasteiger partial charge is 0.305 e. The van der Waals surface area contributed by atoms with Crippen LogP contribution in [0.5, 0.6) is 0 Å². The molecule has 0 aliphatic heterocycles. The molecule has 0 aromatic heterocycles. The van der Waals surface area contributed by atoms with Crippen molar-refractivity contribution in [1.82, 2.24) is 0 Å². The van der Waals surface area contributed by atoms with Crippen molar-refractivity contribution in [3.8, 4) is 0 Å². The summed E-state index contributed by atoms with van der Waals surface area (Å²) in [6, 6.07) is 0. The van der Waals surface area contributed by atoms with Gasteiger partial charge in [0.15, 0.2) is 14.1 Å². The van der Waals surface area contributed by atoms with E-state index in [0.717, 1.165) is 42.8 Å². The zero-order valence-electron chi connectivity index (χ0n) is 18.1. The fraction of sp³-hybridized carbons (Fsp3) is 0.810. The third-order valence-electron chi connectivity index (χ3n) is 5.29. The zero-order chi connectivity index (χ0) is 20.5. The van der Waals surface area contributed by atoms with Crippen molar-refractivity contribution in [1.29, 1.82) is 0 Å². The minimum absolute atomic E-state index is 0.0567. The number of carbonyl (C=O) groups is 2. The fourth-order valence-corrected chi connectivity index (χ4v) is 4.82. The molecule has 0 saturated carbocycles. The molecule has 4 nitrogen and oxygen atoms in total. The van der Waals surface area contributed by atoms with Crippen molar-refractivity contribution in [2.75, 3.05) is 12.4 Å². The summed E-state index contributed by atoms with van der Waals surface area (Å²) < 4.78 is 11.5. The maximum atomic E-state index is 12.2. The van der Waals surface area contributed by atoms with E-state index in [-0.39, 0.29) is 22.9 Å². The Bertz CT molecular complexity index is 523. The highest BCUT2D eigenvalue weighted by Gasteiger charge is 2.40. The summed E-state index contributed by atoms with van der Waals surface area (Å²) in [5.41, 5.74) is 0. The molecular formula is C21H38O4SSi. The standard InChI is InChI=1S/C21H38O4SSi/c1-7-8-13-24-20(23)12-10-9-11-14-26-19-16-17(15-18(19)22)25-27(5,6)21(2,3)4/h16-17H,7-15H2,1-6H3/t17-/m1/s1. The van der Waals surface area contributed by atoms with Crippen LogP contribution >= 0.6 is 11.8 Å². The van der Waals surface area contributed by atoms with Gasteiger partial charge in [0.05, 0.1) is 12.7 Å². The molecule has 0 N–H and O–H groups in total. The molecule has 156 valence electrons. The molecule has 0 spiro atoms. The van der Waals surface area contributed by atoms with Gasteiger partial charge in [0.25, 0.3) is 0 Å². The Labute approximate surface area is 171 Å². The lowest BCUT2D eigenvalue weighted by atomic mass is 10.2.